The third-order valence-corrected chi connectivity index (χ3v) is 3.07. The van der Waals surface area contributed by atoms with Crippen molar-refractivity contribution in [1.29, 1.82) is 0 Å². The van der Waals surface area contributed by atoms with E-state index in [1.807, 2.05) is 18.3 Å². The van der Waals surface area contributed by atoms with Crippen LogP contribution in [-0.4, -0.2) is 9.97 Å². The summed E-state index contributed by atoms with van der Waals surface area (Å²) in [6.45, 7) is 0.301. The van der Waals surface area contributed by atoms with Crippen molar-refractivity contribution in [3.63, 3.8) is 0 Å². The molecule has 0 radical (unpaired) electrons. The fraction of sp³-hybridized carbons (Fsp3) is 0.200. The topological polar surface area (TPSA) is 64.9 Å². The Kier molecular flexibility index (Phi) is 3.25. The van der Waals surface area contributed by atoms with Crippen LogP contribution in [0.25, 0.3) is 11.2 Å². The molecule has 0 amide bonds. The lowest BCUT2D eigenvalue weighted by Crippen LogP contribution is -1.95. The van der Waals surface area contributed by atoms with E-state index in [4.69, 9.17) is 10.2 Å². The normalized spacial score (nSPS) is 11.0. The number of oxazole rings is 1. The van der Waals surface area contributed by atoms with E-state index < -0.39 is 0 Å². The molecule has 0 fully saturated rings. The van der Waals surface area contributed by atoms with E-state index >= 15 is 0 Å². The van der Waals surface area contributed by atoms with Gasteiger partial charge in [0.25, 0.3) is 0 Å². The molecule has 96 valence electrons. The van der Waals surface area contributed by atoms with Crippen molar-refractivity contribution in [2.24, 2.45) is 5.73 Å². The minimum Gasteiger partial charge on any atom is -0.438 e. The summed E-state index contributed by atoms with van der Waals surface area (Å²) >= 11 is 0. The van der Waals surface area contributed by atoms with Crippen LogP contribution in [0.2, 0.25) is 0 Å². The number of aryl methyl sites for hydroxylation is 2. The lowest BCUT2D eigenvalue weighted by Gasteiger charge is -2.01. The zero-order valence-electron chi connectivity index (χ0n) is 10.5. The largest absolute Gasteiger partial charge is 0.438 e. The maximum Gasteiger partial charge on any atom is 0.210 e. The van der Waals surface area contributed by atoms with E-state index in [0.29, 0.717) is 23.7 Å². The molecule has 3 rings (SSSR count). The maximum atomic E-state index is 5.51. The fourth-order valence-electron chi connectivity index (χ4n) is 2.06. The van der Waals surface area contributed by atoms with Crippen LogP contribution < -0.4 is 5.73 Å². The Bertz CT molecular complexity index is 676. The molecule has 0 aliphatic carbocycles. The molecular weight excluding hydrogens is 238 g/mol. The maximum absolute atomic E-state index is 5.51. The van der Waals surface area contributed by atoms with Gasteiger partial charge in [-0.3, -0.25) is 0 Å². The van der Waals surface area contributed by atoms with E-state index in [1.165, 1.54) is 5.56 Å². The number of rotatable bonds is 4. The molecule has 0 unspecified atom stereocenters. The first-order chi connectivity index (χ1) is 9.35. The van der Waals surface area contributed by atoms with Gasteiger partial charge in [0, 0.05) is 6.20 Å². The predicted octanol–water partition coefficient (Wildman–Crippen LogP) is 2.47. The summed E-state index contributed by atoms with van der Waals surface area (Å²) in [7, 11) is 0. The fourth-order valence-corrected chi connectivity index (χ4v) is 2.06. The van der Waals surface area contributed by atoms with Crippen molar-refractivity contribution >= 4 is 11.2 Å². The summed E-state index contributed by atoms with van der Waals surface area (Å²) in [4.78, 5) is 8.49. The molecule has 4 heteroatoms. The van der Waals surface area contributed by atoms with Crippen LogP contribution >= 0.6 is 0 Å². The molecule has 0 spiro atoms. The molecule has 0 atom stereocenters. The minimum absolute atomic E-state index is 0.301. The number of pyridine rings is 1. The zero-order valence-corrected chi connectivity index (χ0v) is 10.5. The minimum atomic E-state index is 0.301. The molecule has 19 heavy (non-hydrogen) atoms. The average molecular weight is 253 g/mol. The molecule has 0 bridgehead atoms. The second-order valence-corrected chi connectivity index (χ2v) is 4.46. The van der Waals surface area contributed by atoms with Gasteiger partial charge in [-0.05, 0) is 30.0 Å². The molecule has 4 nitrogen and oxygen atoms in total. The highest BCUT2D eigenvalue weighted by molar-refractivity contribution is 5.68. The lowest BCUT2D eigenvalue weighted by atomic mass is 10.1. The highest BCUT2D eigenvalue weighted by Crippen LogP contribution is 2.16. The average Bonchev–Trinajstić information content (AvgIpc) is 2.88. The molecule has 1 aromatic carbocycles. The number of nitrogens with two attached hydrogens (primary N) is 1. The Balaban J connectivity index is 1.78. The number of hydrogen-bond donors (Lipinski definition) is 1. The molecule has 2 heterocycles. The second kappa shape index (κ2) is 5.20. The number of fused-ring (bicyclic) bond motifs is 1. The number of benzene rings is 1. The van der Waals surface area contributed by atoms with Crippen molar-refractivity contribution < 1.29 is 4.42 Å². The first kappa shape index (κ1) is 11.9. The van der Waals surface area contributed by atoms with Crippen molar-refractivity contribution in [2.45, 2.75) is 19.4 Å². The Morgan fingerprint density at radius 1 is 1.05 bits per heavy atom. The van der Waals surface area contributed by atoms with E-state index in [9.17, 15) is 0 Å². The van der Waals surface area contributed by atoms with Gasteiger partial charge in [0.05, 0.1) is 6.54 Å². The molecule has 0 saturated carbocycles. The summed E-state index contributed by atoms with van der Waals surface area (Å²) in [5.41, 5.74) is 9.32. The van der Waals surface area contributed by atoms with Gasteiger partial charge in [-0.2, -0.15) is 4.98 Å². The van der Waals surface area contributed by atoms with Gasteiger partial charge in [-0.15, -0.1) is 0 Å². The van der Waals surface area contributed by atoms with Gasteiger partial charge in [0.15, 0.2) is 11.2 Å². The van der Waals surface area contributed by atoms with Crippen LogP contribution in [-0.2, 0) is 19.4 Å². The van der Waals surface area contributed by atoms with Gasteiger partial charge in [0.2, 0.25) is 5.89 Å². The van der Waals surface area contributed by atoms with E-state index in [1.54, 1.807) is 0 Å². The summed E-state index contributed by atoms with van der Waals surface area (Å²) in [5, 5.41) is 0. The summed E-state index contributed by atoms with van der Waals surface area (Å²) < 4.78 is 5.51. The SMILES string of the molecule is NCc1nc2ncc(CCc3ccccc3)cc2o1. The molecule has 0 aliphatic rings. The lowest BCUT2D eigenvalue weighted by molar-refractivity contribution is 0.533. The first-order valence-electron chi connectivity index (χ1n) is 6.33. The Morgan fingerprint density at radius 2 is 1.84 bits per heavy atom. The van der Waals surface area contributed by atoms with Crippen molar-refractivity contribution in [3.8, 4) is 0 Å². The third kappa shape index (κ3) is 2.63. The molecule has 2 N–H and O–H groups in total. The number of nitrogens with zero attached hydrogens (tertiary/aromatic N) is 2. The molecule has 3 aromatic rings. The summed E-state index contributed by atoms with van der Waals surface area (Å²) in [5.74, 6) is 0.530. The highest BCUT2D eigenvalue weighted by atomic mass is 16.3. The van der Waals surface area contributed by atoms with Gasteiger partial charge < -0.3 is 10.2 Å². The Hall–Kier alpha value is -2.20. The van der Waals surface area contributed by atoms with Crippen LogP contribution in [0.5, 0.6) is 0 Å². The highest BCUT2D eigenvalue weighted by Gasteiger charge is 2.06. The van der Waals surface area contributed by atoms with E-state index in [2.05, 4.69) is 34.2 Å². The van der Waals surface area contributed by atoms with E-state index in [0.717, 1.165) is 18.4 Å². The van der Waals surface area contributed by atoms with Crippen LogP contribution in [0.15, 0.2) is 47.0 Å². The van der Waals surface area contributed by atoms with Crippen molar-refractivity contribution in [2.75, 3.05) is 0 Å². The third-order valence-electron chi connectivity index (χ3n) is 3.07. The standard InChI is InChI=1S/C15H15N3O/c16-9-14-18-15-13(19-14)8-12(10-17-15)7-6-11-4-2-1-3-5-11/h1-5,8,10H,6-7,9,16H2. The van der Waals surface area contributed by atoms with Crippen LogP contribution in [0.4, 0.5) is 0 Å². The zero-order chi connectivity index (χ0) is 13.1. The Labute approximate surface area is 111 Å². The van der Waals surface area contributed by atoms with Gasteiger partial charge in [0.1, 0.15) is 0 Å². The molecular formula is C15H15N3O. The Morgan fingerprint density at radius 3 is 2.63 bits per heavy atom. The second-order valence-electron chi connectivity index (χ2n) is 4.46. The van der Waals surface area contributed by atoms with Gasteiger partial charge in [-0.1, -0.05) is 30.3 Å². The summed E-state index contributed by atoms with van der Waals surface area (Å²) in [6.07, 6.45) is 3.78. The van der Waals surface area contributed by atoms with E-state index in [-0.39, 0.29) is 0 Å². The molecule has 0 aliphatic heterocycles. The number of aromatic nitrogens is 2. The number of hydrogen-bond acceptors (Lipinski definition) is 4. The quantitative estimate of drug-likeness (QED) is 0.775. The summed E-state index contributed by atoms with van der Waals surface area (Å²) in [6, 6.07) is 12.4. The van der Waals surface area contributed by atoms with Crippen LogP contribution in [0.3, 0.4) is 0 Å². The van der Waals surface area contributed by atoms with Crippen molar-refractivity contribution in [3.05, 3.63) is 59.6 Å². The predicted molar refractivity (Wildman–Crippen MR) is 73.5 cm³/mol. The van der Waals surface area contributed by atoms with Gasteiger partial charge >= 0.3 is 0 Å². The molecule has 2 aromatic heterocycles. The first-order valence-corrected chi connectivity index (χ1v) is 6.33. The monoisotopic (exact) mass is 253 g/mol. The van der Waals surface area contributed by atoms with Crippen LogP contribution in [0.1, 0.15) is 17.0 Å². The van der Waals surface area contributed by atoms with Crippen LogP contribution in [0, 0.1) is 0 Å². The smallest absolute Gasteiger partial charge is 0.210 e. The van der Waals surface area contributed by atoms with Crippen molar-refractivity contribution in [1.82, 2.24) is 9.97 Å². The van der Waals surface area contributed by atoms with Gasteiger partial charge in [-0.25, -0.2) is 4.98 Å². The molecule has 0 saturated heterocycles.